The van der Waals surface area contributed by atoms with Crippen LogP contribution in [0.4, 0.5) is 0 Å². The minimum Gasteiger partial charge on any atom is -0.462 e. The Morgan fingerprint density at radius 2 is 0.565 bits per heavy atom. The Labute approximate surface area is 425 Å². The van der Waals surface area contributed by atoms with Crippen LogP contribution in [-0.2, 0) is 28.6 Å². The molecule has 0 saturated heterocycles. The second-order valence-corrected chi connectivity index (χ2v) is 18.4. The molecule has 0 aliphatic carbocycles. The van der Waals surface area contributed by atoms with Crippen molar-refractivity contribution in [3.8, 4) is 0 Å². The third kappa shape index (κ3) is 54.9. The predicted molar refractivity (Wildman–Crippen MR) is 297 cm³/mol. The first-order valence-electron chi connectivity index (χ1n) is 28.4. The summed E-state index contributed by atoms with van der Waals surface area (Å²) in [4.78, 5) is 38.1. The van der Waals surface area contributed by atoms with E-state index in [2.05, 4.69) is 130 Å². The average Bonchev–Trinajstić information content (AvgIpc) is 3.35. The summed E-state index contributed by atoms with van der Waals surface area (Å²) < 4.78 is 16.8. The normalized spacial score (nSPS) is 12.9. The molecule has 0 aromatic heterocycles. The predicted octanol–water partition coefficient (Wildman–Crippen LogP) is 19.1. The topological polar surface area (TPSA) is 78.9 Å². The number of carbonyl (C=O) groups excluding carboxylic acids is 3. The number of allylic oxidation sites excluding steroid dienone is 18. The highest BCUT2D eigenvalue weighted by Crippen LogP contribution is 2.15. The third-order valence-corrected chi connectivity index (χ3v) is 11.7. The largest absolute Gasteiger partial charge is 0.462 e. The zero-order chi connectivity index (χ0) is 50.0. The van der Waals surface area contributed by atoms with Crippen LogP contribution in [0.15, 0.2) is 109 Å². The molecule has 0 bridgehead atoms. The molecule has 0 spiro atoms. The van der Waals surface area contributed by atoms with Crippen molar-refractivity contribution in [2.24, 2.45) is 0 Å². The van der Waals surface area contributed by atoms with Gasteiger partial charge in [-0.1, -0.05) is 226 Å². The first-order chi connectivity index (χ1) is 34.0. The molecule has 1 atom stereocenters. The Morgan fingerprint density at radius 1 is 0.304 bits per heavy atom. The molecule has 0 amide bonds. The van der Waals surface area contributed by atoms with Crippen LogP contribution < -0.4 is 0 Å². The lowest BCUT2D eigenvalue weighted by Crippen LogP contribution is -2.30. The summed E-state index contributed by atoms with van der Waals surface area (Å²) in [5.74, 6) is -0.929. The minimum atomic E-state index is -0.796. The van der Waals surface area contributed by atoms with Gasteiger partial charge < -0.3 is 14.2 Å². The highest BCUT2D eigenvalue weighted by Gasteiger charge is 2.19. The van der Waals surface area contributed by atoms with Crippen molar-refractivity contribution < 1.29 is 28.6 Å². The zero-order valence-corrected chi connectivity index (χ0v) is 44.8. The summed E-state index contributed by atoms with van der Waals surface area (Å²) in [5, 5.41) is 0. The van der Waals surface area contributed by atoms with Gasteiger partial charge in [0.2, 0.25) is 0 Å². The molecule has 0 fully saturated rings. The molecular weight excluding hydrogens is 853 g/mol. The summed E-state index contributed by atoms with van der Waals surface area (Å²) in [6.07, 6.45) is 76.5. The van der Waals surface area contributed by atoms with Crippen molar-refractivity contribution in [1.82, 2.24) is 0 Å². The van der Waals surface area contributed by atoms with Crippen LogP contribution >= 0.6 is 0 Å². The van der Waals surface area contributed by atoms with Crippen molar-refractivity contribution in [2.45, 2.75) is 258 Å². The van der Waals surface area contributed by atoms with E-state index in [9.17, 15) is 14.4 Å². The van der Waals surface area contributed by atoms with Crippen molar-refractivity contribution in [1.29, 1.82) is 0 Å². The van der Waals surface area contributed by atoms with E-state index in [4.69, 9.17) is 14.2 Å². The second-order valence-electron chi connectivity index (χ2n) is 18.4. The summed E-state index contributed by atoms with van der Waals surface area (Å²) in [6.45, 7) is 6.32. The smallest absolute Gasteiger partial charge is 0.306 e. The third-order valence-electron chi connectivity index (χ3n) is 11.7. The van der Waals surface area contributed by atoms with Crippen LogP contribution in [0.1, 0.15) is 252 Å². The molecule has 0 aliphatic rings. The lowest BCUT2D eigenvalue weighted by molar-refractivity contribution is -0.167. The molecule has 0 N–H and O–H groups in total. The van der Waals surface area contributed by atoms with Crippen LogP contribution in [0.3, 0.4) is 0 Å². The fraction of sp³-hybridized carbons (Fsp3) is 0.667. The van der Waals surface area contributed by atoms with Gasteiger partial charge in [-0.3, -0.25) is 14.4 Å². The van der Waals surface area contributed by atoms with E-state index in [1.165, 1.54) is 57.8 Å². The molecule has 6 nitrogen and oxygen atoms in total. The standard InChI is InChI=1S/C63H104O6/c1-4-7-10-13-16-19-22-25-27-28-29-30-31-32-33-34-36-38-41-44-47-50-53-56-62(65)68-59-60(58-67-61(64)55-52-49-46-43-40-37-24-21-18-15-12-9-6-3)69-63(66)57-54-51-48-45-42-39-35-26-23-20-17-14-11-8-5-2/h7-8,10-12,15-17,19-21,24-27,29-30,35,60H,4-6,9,13-14,18,22-23,28,31-34,36-59H2,1-3H3/b10-7-,11-8-,15-12-,19-16-,20-17-,24-21-,27-25-,30-29-,35-26-. The van der Waals surface area contributed by atoms with Gasteiger partial charge in [0.25, 0.3) is 0 Å². The van der Waals surface area contributed by atoms with Gasteiger partial charge in [-0.05, 0) is 116 Å². The molecule has 0 heterocycles. The molecule has 0 aliphatic heterocycles. The Kier molecular flexibility index (Phi) is 53.4. The molecule has 0 saturated carbocycles. The van der Waals surface area contributed by atoms with E-state index in [1.54, 1.807) is 0 Å². The summed E-state index contributed by atoms with van der Waals surface area (Å²) in [7, 11) is 0. The van der Waals surface area contributed by atoms with Gasteiger partial charge in [0.15, 0.2) is 6.10 Å². The van der Waals surface area contributed by atoms with Crippen LogP contribution in [0.25, 0.3) is 0 Å². The number of hydrogen-bond donors (Lipinski definition) is 0. The van der Waals surface area contributed by atoms with Crippen molar-refractivity contribution in [2.75, 3.05) is 13.2 Å². The number of hydrogen-bond acceptors (Lipinski definition) is 6. The zero-order valence-electron chi connectivity index (χ0n) is 44.8. The molecule has 0 aromatic rings. The summed E-state index contributed by atoms with van der Waals surface area (Å²) in [5.41, 5.74) is 0. The molecular formula is C63H104O6. The van der Waals surface area contributed by atoms with Gasteiger partial charge in [-0.2, -0.15) is 0 Å². The summed E-state index contributed by atoms with van der Waals surface area (Å²) in [6, 6.07) is 0. The van der Waals surface area contributed by atoms with Gasteiger partial charge in [0.05, 0.1) is 0 Å². The minimum absolute atomic E-state index is 0.0933. The van der Waals surface area contributed by atoms with Gasteiger partial charge in [0, 0.05) is 19.3 Å². The molecule has 0 radical (unpaired) electrons. The number of carbonyl (C=O) groups is 3. The van der Waals surface area contributed by atoms with Gasteiger partial charge in [-0.15, -0.1) is 0 Å². The maximum absolute atomic E-state index is 12.8. The molecule has 6 heteroatoms. The quantitative estimate of drug-likeness (QED) is 0.0262. The Balaban J connectivity index is 4.37. The van der Waals surface area contributed by atoms with E-state index >= 15 is 0 Å². The maximum Gasteiger partial charge on any atom is 0.306 e. The molecule has 69 heavy (non-hydrogen) atoms. The van der Waals surface area contributed by atoms with Crippen LogP contribution in [0.5, 0.6) is 0 Å². The number of unbranched alkanes of at least 4 members (excludes halogenated alkanes) is 21. The highest BCUT2D eigenvalue weighted by atomic mass is 16.6. The van der Waals surface area contributed by atoms with Crippen molar-refractivity contribution >= 4 is 17.9 Å². The van der Waals surface area contributed by atoms with E-state index in [0.29, 0.717) is 19.3 Å². The van der Waals surface area contributed by atoms with Gasteiger partial charge >= 0.3 is 17.9 Å². The Morgan fingerprint density at radius 3 is 0.884 bits per heavy atom. The Hall–Kier alpha value is -3.93. The second kappa shape index (κ2) is 56.7. The number of rotatable bonds is 50. The highest BCUT2D eigenvalue weighted by molar-refractivity contribution is 5.71. The van der Waals surface area contributed by atoms with E-state index in [-0.39, 0.29) is 31.1 Å². The van der Waals surface area contributed by atoms with Gasteiger partial charge in [-0.25, -0.2) is 0 Å². The molecule has 0 aromatic carbocycles. The summed E-state index contributed by atoms with van der Waals surface area (Å²) >= 11 is 0. The van der Waals surface area contributed by atoms with Gasteiger partial charge in [0.1, 0.15) is 13.2 Å². The van der Waals surface area contributed by atoms with Crippen LogP contribution in [0.2, 0.25) is 0 Å². The maximum atomic E-state index is 12.8. The number of esters is 3. The molecule has 0 rings (SSSR count). The lowest BCUT2D eigenvalue weighted by Gasteiger charge is -2.18. The Bertz CT molecular complexity index is 1420. The van der Waals surface area contributed by atoms with E-state index < -0.39 is 6.10 Å². The van der Waals surface area contributed by atoms with Crippen LogP contribution in [0, 0.1) is 0 Å². The van der Waals surface area contributed by atoms with E-state index in [1.807, 2.05) is 0 Å². The lowest BCUT2D eigenvalue weighted by atomic mass is 10.1. The first-order valence-corrected chi connectivity index (χ1v) is 28.4. The van der Waals surface area contributed by atoms with Crippen molar-refractivity contribution in [3.63, 3.8) is 0 Å². The average molecular weight is 958 g/mol. The van der Waals surface area contributed by atoms with Crippen molar-refractivity contribution in [3.05, 3.63) is 109 Å². The van der Waals surface area contributed by atoms with E-state index in [0.717, 1.165) is 154 Å². The SMILES string of the molecule is CC/C=C\C/C=C\C/C=C\C/C=C\CCCCCCCCCCCCC(=O)OCC(COC(=O)CCCCCCC/C=C\C/C=C\CCC)OC(=O)CCCCCCC/C=C\C/C=C\C/C=C\CC. The molecule has 1 unspecified atom stereocenters. The first kappa shape index (κ1) is 65.1. The fourth-order valence-electron chi connectivity index (χ4n) is 7.54. The number of ether oxygens (including phenoxy) is 3. The molecule has 392 valence electrons. The fourth-order valence-corrected chi connectivity index (χ4v) is 7.54. The monoisotopic (exact) mass is 957 g/mol. The van der Waals surface area contributed by atoms with Crippen LogP contribution in [-0.4, -0.2) is 37.2 Å².